The van der Waals surface area contributed by atoms with Gasteiger partial charge in [-0.3, -0.25) is 0 Å². The van der Waals surface area contributed by atoms with Gasteiger partial charge in [-0.15, -0.1) is 0 Å². The van der Waals surface area contributed by atoms with Crippen molar-refractivity contribution in [3.8, 4) is 0 Å². The van der Waals surface area contributed by atoms with Crippen LogP contribution in [-0.2, 0) is 0 Å². The lowest BCUT2D eigenvalue weighted by molar-refractivity contribution is -0.916. The summed E-state index contributed by atoms with van der Waals surface area (Å²) in [5.74, 6) is 0. The Hall–Kier alpha value is -0.680. The third-order valence-corrected chi connectivity index (χ3v) is 12.7. The van der Waals surface area contributed by atoms with Gasteiger partial charge in [0, 0.05) is 38.8 Å². The molecule has 0 aliphatic rings. The molecular formula is C52H108N4+2. The van der Waals surface area contributed by atoms with Crippen LogP contribution in [0.4, 0.5) is 0 Å². The number of hydrogen-bond acceptors (Lipinski definition) is 2. The molecule has 0 fully saturated rings. The second-order valence-electron chi connectivity index (χ2n) is 19.5. The fourth-order valence-electron chi connectivity index (χ4n) is 8.68. The SMILES string of the molecule is CCCCCCCC/C=C/CCCCCCCC[N+](C)(CCCC[N+](C)(CCCCCCCC/C=C/CCCCCCCC)CCCN(C)C)CCCN(C)C. The van der Waals surface area contributed by atoms with Crippen molar-refractivity contribution in [2.75, 3.05) is 94.6 Å². The Labute approximate surface area is 355 Å². The maximum absolute atomic E-state index is 2.59. The second-order valence-corrected chi connectivity index (χ2v) is 19.5. The molecular weight excluding hydrogens is 681 g/mol. The molecule has 4 heteroatoms. The molecule has 334 valence electrons. The van der Waals surface area contributed by atoms with Crippen LogP contribution in [0.2, 0.25) is 0 Å². The molecule has 4 nitrogen and oxygen atoms in total. The van der Waals surface area contributed by atoms with Crippen molar-refractivity contribution < 1.29 is 8.97 Å². The summed E-state index contributed by atoms with van der Waals surface area (Å²) in [6.07, 6.45) is 54.3. The van der Waals surface area contributed by atoms with Gasteiger partial charge in [-0.2, -0.15) is 0 Å². The van der Waals surface area contributed by atoms with Crippen LogP contribution < -0.4 is 0 Å². The van der Waals surface area contributed by atoms with E-state index in [1.54, 1.807) is 0 Å². The van der Waals surface area contributed by atoms with Crippen molar-refractivity contribution in [2.24, 2.45) is 0 Å². The van der Waals surface area contributed by atoms with E-state index in [1.807, 2.05) is 0 Å². The standard InChI is InChI=1S/C52H108N4/c1-9-11-13-15-17-19-21-23-25-27-29-31-33-35-37-39-47-55(7,51-43-45-53(3)4)49-41-42-50-56(8,52-44-46-54(5)6)48-40-38-36-34-32-30-28-26-24-22-20-18-16-14-12-10-2/h23-26H,9-22,27-52H2,1-8H3/q+2/b25-23+,26-24+. The summed E-state index contributed by atoms with van der Waals surface area (Å²) in [5.41, 5.74) is 0. The summed E-state index contributed by atoms with van der Waals surface area (Å²) >= 11 is 0. The van der Waals surface area contributed by atoms with Gasteiger partial charge in [0.15, 0.2) is 0 Å². The summed E-state index contributed by atoms with van der Waals surface area (Å²) < 4.78 is 2.58. The van der Waals surface area contributed by atoms with Crippen LogP contribution in [0.15, 0.2) is 24.3 Å². The van der Waals surface area contributed by atoms with Gasteiger partial charge < -0.3 is 18.8 Å². The van der Waals surface area contributed by atoms with Gasteiger partial charge in [0.1, 0.15) is 0 Å². The zero-order chi connectivity index (χ0) is 41.3. The molecule has 0 heterocycles. The van der Waals surface area contributed by atoms with Crippen LogP contribution in [0.25, 0.3) is 0 Å². The molecule has 56 heavy (non-hydrogen) atoms. The fraction of sp³-hybridized carbons (Fsp3) is 0.923. The first kappa shape index (κ1) is 55.3. The van der Waals surface area contributed by atoms with Gasteiger partial charge in [-0.25, -0.2) is 0 Å². The van der Waals surface area contributed by atoms with Gasteiger partial charge >= 0.3 is 0 Å². The van der Waals surface area contributed by atoms with Crippen LogP contribution in [0.1, 0.15) is 219 Å². The lowest BCUT2D eigenvalue weighted by Crippen LogP contribution is -2.49. The molecule has 0 spiro atoms. The first-order valence-corrected chi connectivity index (χ1v) is 25.4. The molecule has 2 unspecified atom stereocenters. The van der Waals surface area contributed by atoms with Gasteiger partial charge in [0.2, 0.25) is 0 Å². The highest BCUT2D eigenvalue weighted by molar-refractivity contribution is 4.82. The number of allylic oxidation sites excluding steroid dienone is 4. The molecule has 0 saturated heterocycles. The quantitative estimate of drug-likeness (QED) is 0.0344. The molecule has 0 amide bonds. The number of unbranched alkanes of at least 4 members (excludes halogenated alkanes) is 25. The Kier molecular flexibility index (Phi) is 40.6. The molecule has 0 aliphatic heterocycles. The number of rotatable bonds is 45. The molecule has 0 bridgehead atoms. The first-order chi connectivity index (χ1) is 27.2. The smallest absolute Gasteiger partial charge is 0.0796 e. The predicted molar refractivity (Wildman–Crippen MR) is 256 cm³/mol. The van der Waals surface area contributed by atoms with E-state index in [0.29, 0.717) is 0 Å². The molecule has 0 saturated carbocycles. The minimum Gasteiger partial charge on any atom is -0.326 e. The zero-order valence-electron chi connectivity index (χ0n) is 40.4. The third kappa shape index (κ3) is 40.1. The van der Waals surface area contributed by atoms with Gasteiger partial charge in [0.25, 0.3) is 0 Å². The fourth-order valence-corrected chi connectivity index (χ4v) is 8.68. The highest BCUT2D eigenvalue weighted by Crippen LogP contribution is 2.17. The van der Waals surface area contributed by atoms with E-state index in [9.17, 15) is 0 Å². The summed E-state index contributed by atoms with van der Waals surface area (Å²) in [6, 6.07) is 0. The van der Waals surface area contributed by atoms with Crippen molar-refractivity contribution in [3.05, 3.63) is 24.3 Å². The van der Waals surface area contributed by atoms with E-state index in [1.165, 1.54) is 267 Å². The maximum atomic E-state index is 2.59. The van der Waals surface area contributed by atoms with Crippen LogP contribution in [0, 0.1) is 0 Å². The van der Waals surface area contributed by atoms with Crippen LogP contribution in [-0.4, -0.2) is 113 Å². The minimum atomic E-state index is 1.22. The maximum Gasteiger partial charge on any atom is 0.0796 e. The van der Waals surface area contributed by atoms with Crippen molar-refractivity contribution >= 4 is 0 Å². The van der Waals surface area contributed by atoms with Crippen molar-refractivity contribution in [1.82, 2.24) is 9.80 Å². The summed E-state index contributed by atoms with van der Waals surface area (Å²) in [5, 5.41) is 0. The third-order valence-electron chi connectivity index (χ3n) is 12.7. The minimum absolute atomic E-state index is 1.22. The van der Waals surface area contributed by atoms with Crippen molar-refractivity contribution in [2.45, 2.75) is 219 Å². The Morgan fingerprint density at radius 3 is 0.768 bits per heavy atom. The average Bonchev–Trinajstić information content (AvgIpc) is 3.16. The highest BCUT2D eigenvalue weighted by Gasteiger charge is 2.24. The van der Waals surface area contributed by atoms with Gasteiger partial charge in [-0.05, 0) is 105 Å². The molecule has 0 radical (unpaired) electrons. The largest absolute Gasteiger partial charge is 0.326 e. The van der Waals surface area contributed by atoms with Crippen molar-refractivity contribution in [3.63, 3.8) is 0 Å². The monoisotopic (exact) mass is 789 g/mol. The van der Waals surface area contributed by atoms with E-state index < -0.39 is 0 Å². The summed E-state index contributed by atoms with van der Waals surface area (Å²) in [6.45, 7) is 15.2. The lowest BCUT2D eigenvalue weighted by Gasteiger charge is -2.37. The Morgan fingerprint density at radius 1 is 0.286 bits per heavy atom. The van der Waals surface area contributed by atoms with E-state index in [0.717, 1.165) is 0 Å². The molecule has 0 aromatic heterocycles. The van der Waals surface area contributed by atoms with E-state index in [-0.39, 0.29) is 0 Å². The van der Waals surface area contributed by atoms with E-state index >= 15 is 0 Å². The Bertz CT molecular complexity index is 769. The first-order valence-electron chi connectivity index (χ1n) is 25.4. The Balaban J connectivity index is 4.44. The zero-order valence-corrected chi connectivity index (χ0v) is 40.4. The second kappa shape index (κ2) is 41.1. The molecule has 0 aromatic rings. The topological polar surface area (TPSA) is 6.48 Å². The van der Waals surface area contributed by atoms with Gasteiger partial charge in [0.05, 0.1) is 53.4 Å². The van der Waals surface area contributed by atoms with Crippen LogP contribution in [0.5, 0.6) is 0 Å². The summed E-state index contributed by atoms with van der Waals surface area (Å²) in [4.78, 5) is 4.75. The normalized spacial score (nSPS) is 14.5. The average molecular weight is 789 g/mol. The summed E-state index contributed by atoms with van der Waals surface area (Å²) in [7, 11) is 14.1. The number of nitrogens with zero attached hydrogens (tertiary/aromatic N) is 4. The lowest BCUT2D eigenvalue weighted by atomic mass is 10.1. The van der Waals surface area contributed by atoms with Crippen molar-refractivity contribution in [1.29, 1.82) is 0 Å². The van der Waals surface area contributed by atoms with Gasteiger partial charge in [-0.1, -0.05) is 141 Å². The molecule has 0 aliphatic carbocycles. The molecule has 2 atom stereocenters. The van der Waals surface area contributed by atoms with Crippen LogP contribution >= 0.6 is 0 Å². The molecule has 0 rings (SSSR count). The highest BCUT2D eigenvalue weighted by atomic mass is 15.3. The molecule has 0 N–H and O–H groups in total. The molecule has 0 aromatic carbocycles. The number of hydrogen-bond donors (Lipinski definition) is 0. The van der Waals surface area contributed by atoms with E-state index in [4.69, 9.17) is 0 Å². The Morgan fingerprint density at radius 2 is 0.500 bits per heavy atom. The van der Waals surface area contributed by atoms with E-state index in [2.05, 4.69) is 90.2 Å². The predicted octanol–water partition coefficient (Wildman–Crippen LogP) is 14.6. The number of quaternary nitrogens is 2. The van der Waals surface area contributed by atoms with Crippen LogP contribution in [0.3, 0.4) is 0 Å².